The highest BCUT2D eigenvalue weighted by molar-refractivity contribution is 5.77. The summed E-state index contributed by atoms with van der Waals surface area (Å²) >= 11 is 0. The molecule has 1 amide bonds. The van der Waals surface area contributed by atoms with E-state index < -0.39 is 0 Å². The third-order valence-electron chi connectivity index (χ3n) is 3.90. The molecule has 1 saturated heterocycles. The van der Waals surface area contributed by atoms with Crippen molar-refractivity contribution in [3.63, 3.8) is 0 Å². The molecule has 2 heterocycles. The Kier molecular flexibility index (Phi) is 6.21. The first-order valence-corrected chi connectivity index (χ1v) is 8.43. The van der Waals surface area contributed by atoms with Crippen LogP contribution in [-0.2, 0) is 16.1 Å². The van der Waals surface area contributed by atoms with Crippen LogP contribution in [0.25, 0.3) is 0 Å². The lowest BCUT2D eigenvalue weighted by atomic mass is 10.3. The third-order valence-corrected chi connectivity index (χ3v) is 3.90. The number of morpholine rings is 1. The average molecular weight is 358 g/mol. The predicted molar refractivity (Wildman–Crippen MR) is 95.4 cm³/mol. The molecule has 0 unspecified atom stereocenters. The van der Waals surface area contributed by atoms with Gasteiger partial charge in [-0.05, 0) is 30.3 Å². The molecular weight excluding hydrogens is 336 g/mol. The van der Waals surface area contributed by atoms with Crippen molar-refractivity contribution in [3.8, 4) is 11.5 Å². The van der Waals surface area contributed by atoms with E-state index in [-0.39, 0.29) is 19.1 Å². The van der Waals surface area contributed by atoms with Crippen LogP contribution in [0.2, 0.25) is 0 Å². The Hall–Kier alpha value is -2.87. The summed E-state index contributed by atoms with van der Waals surface area (Å²) in [6.45, 7) is 3.17. The van der Waals surface area contributed by atoms with Gasteiger partial charge in [-0.2, -0.15) is 0 Å². The molecule has 8 heteroatoms. The molecular formula is C18H22N4O4. The van der Waals surface area contributed by atoms with Gasteiger partial charge in [-0.1, -0.05) is 0 Å². The predicted octanol–water partition coefficient (Wildman–Crippen LogP) is 1.02. The first-order chi connectivity index (χ1) is 12.7. The molecule has 3 rings (SSSR count). The number of nitrogens with zero attached hydrogens (tertiary/aromatic N) is 3. The Bertz CT molecular complexity index is 717. The standard InChI is InChI=1S/C18H22N4O4/c1-24-14-2-4-15(5-3-14)26-13-18(23)20-12-16-19-7-6-17(21-16)22-8-10-25-11-9-22/h2-7H,8-13H2,1H3,(H,20,23). The summed E-state index contributed by atoms with van der Waals surface area (Å²) in [4.78, 5) is 22.8. The second-order valence-corrected chi connectivity index (χ2v) is 5.67. The molecule has 1 aromatic heterocycles. The zero-order chi connectivity index (χ0) is 18.2. The lowest BCUT2D eigenvalue weighted by Crippen LogP contribution is -2.37. The lowest BCUT2D eigenvalue weighted by molar-refractivity contribution is -0.123. The highest BCUT2D eigenvalue weighted by atomic mass is 16.5. The van der Waals surface area contributed by atoms with Crippen LogP contribution in [0.5, 0.6) is 11.5 Å². The average Bonchev–Trinajstić information content (AvgIpc) is 2.72. The van der Waals surface area contributed by atoms with Crippen LogP contribution in [0.1, 0.15) is 5.82 Å². The number of benzene rings is 1. The largest absolute Gasteiger partial charge is 0.497 e. The van der Waals surface area contributed by atoms with Gasteiger partial charge < -0.3 is 24.4 Å². The molecule has 0 atom stereocenters. The number of hydrogen-bond donors (Lipinski definition) is 1. The van der Waals surface area contributed by atoms with E-state index >= 15 is 0 Å². The van der Waals surface area contributed by atoms with E-state index in [0.29, 0.717) is 24.8 Å². The summed E-state index contributed by atoms with van der Waals surface area (Å²) in [5, 5.41) is 2.77. The van der Waals surface area contributed by atoms with E-state index in [0.717, 1.165) is 24.7 Å². The van der Waals surface area contributed by atoms with Gasteiger partial charge in [-0.3, -0.25) is 4.79 Å². The number of ether oxygens (including phenoxy) is 3. The first kappa shape index (κ1) is 17.9. The van der Waals surface area contributed by atoms with Crippen LogP contribution in [0.3, 0.4) is 0 Å². The van der Waals surface area contributed by atoms with Gasteiger partial charge in [0.1, 0.15) is 23.1 Å². The maximum absolute atomic E-state index is 12.0. The molecule has 2 aromatic rings. The maximum atomic E-state index is 12.0. The zero-order valence-corrected chi connectivity index (χ0v) is 14.7. The van der Waals surface area contributed by atoms with Crippen LogP contribution in [0, 0.1) is 0 Å². The maximum Gasteiger partial charge on any atom is 0.258 e. The quantitative estimate of drug-likeness (QED) is 0.791. The Morgan fingerprint density at radius 2 is 1.92 bits per heavy atom. The van der Waals surface area contributed by atoms with Gasteiger partial charge in [-0.25, -0.2) is 9.97 Å². The van der Waals surface area contributed by atoms with Gasteiger partial charge in [-0.15, -0.1) is 0 Å². The van der Waals surface area contributed by atoms with Crippen molar-refractivity contribution in [1.82, 2.24) is 15.3 Å². The highest BCUT2D eigenvalue weighted by Gasteiger charge is 2.13. The smallest absolute Gasteiger partial charge is 0.258 e. The van der Waals surface area contributed by atoms with Gasteiger partial charge in [0.2, 0.25) is 0 Å². The highest BCUT2D eigenvalue weighted by Crippen LogP contribution is 2.16. The number of aromatic nitrogens is 2. The number of anilines is 1. The second kappa shape index (κ2) is 9.00. The number of nitrogens with one attached hydrogen (secondary N) is 1. The van der Waals surface area contributed by atoms with Gasteiger partial charge in [0, 0.05) is 19.3 Å². The van der Waals surface area contributed by atoms with Crippen LogP contribution >= 0.6 is 0 Å². The summed E-state index contributed by atoms with van der Waals surface area (Å²) in [5.41, 5.74) is 0. The van der Waals surface area contributed by atoms with Crippen LogP contribution in [-0.4, -0.2) is 55.9 Å². The van der Waals surface area contributed by atoms with E-state index in [9.17, 15) is 4.79 Å². The minimum absolute atomic E-state index is 0.0739. The molecule has 1 aromatic carbocycles. The van der Waals surface area contributed by atoms with Crippen LogP contribution in [0.4, 0.5) is 5.82 Å². The van der Waals surface area contributed by atoms with Crippen molar-refractivity contribution >= 4 is 11.7 Å². The molecule has 0 spiro atoms. The van der Waals surface area contributed by atoms with Gasteiger partial charge >= 0.3 is 0 Å². The molecule has 0 aliphatic carbocycles. The SMILES string of the molecule is COc1ccc(OCC(=O)NCc2nccc(N3CCOCC3)n2)cc1. The van der Waals surface area contributed by atoms with Crippen molar-refractivity contribution < 1.29 is 19.0 Å². The molecule has 1 aliphatic heterocycles. The number of carbonyl (C=O) groups excluding carboxylic acids is 1. The van der Waals surface area contributed by atoms with Crippen LogP contribution < -0.4 is 19.7 Å². The number of methoxy groups -OCH3 is 1. The normalized spacial score (nSPS) is 14.0. The van der Waals surface area contributed by atoms with Crippen molar-refractivity contribution in [2.24, 2.45) is 0 Å². The van der Waals surface area contributed by atoms with Crippen molar-refractivity contribution in [1.29, 1.82) is 0 Å². The molecule has 26 heavy (non-hydrogen) atoms. The molecule has 138 valence electrons. The minimum atomic E-state index is -0.235. The number of amides is 1. The van der Waals surface area contributed by atoms with Crippen molar-refractivity contribution in [2.75, 3.05) is 44.9 Å². The minimum Gasteiger partial charge on any atom is -0.497 e. The molecule has 1 aliphatic rings. The van der Waals surface area contributed by atoms with Gasteiger partial charge in [0.05, 0.1) is 26.9 Å². The monoisotopic (exact) mass is 358 g/mol. The molecule has 0 radical (unpaired) electrons. The lowest BCUT2D eigenvalue weighted by Gasteiger charge is -2.27. The van der Waals surface area contributed by atoms with Gasteiger partial charge in [0.25, 0.3) is 5.91 Å². The Morgan fingerprint density at radius 1 is 1.19 bits per heavy atom. The van der Waals surface area contributed by atoms with E-state index in [4.69, 9.17) is 14.2 Å². The number of carbonyl (C=O) groups is 1. The number of hydrogen-bond acceptors (Lipinski definition) is 7. The third kappa shape index (κ3) is 5.06. The topological polar surface area (TPSA) is 85.8 Å². The summed E-state index contributed by atoms with van der Waals surface area (Å²) < 4.78 is 15.9. The molecule has 1 fully saturated rings. The molecule has 0 saturated carbocycles. The Balaban J connectivity index is 1.46. The summed E-state index contributed by atoms with van der Waals surface area (Å²) in [6.07, 6.45) is 1.70. The molecule has 8 nitrogen and oxygen atoms in total. The van der Waals surface area contributed by atoms with Crippen LogP contribution in [0.15, 0.2) is 36.5 Å². The summed E-state index contributed by atoms with van der Waals surface area (Å²) in [7, 11) is 1.60. The Morgan fingerprint density at radius 3 is 2.65 bits per heavy atom. The Labute approximate surface area is 152 Å². The zero-order valence-electron chi connectivity index (χ0n) is 14.7. The second-order valence-electron chi connectivity index (χ2n) is 5.67. The van der Waals surface area contributed by atoms with E-state index in [1.807, 2.05) is 6.07 Å². The van der Waals surface area contributed by atoms with Gasteiger partial charge in [0.15, 0.2) is 6.61 Å². The fourth-order valence-electron chi connectivity index (χ4n) is 2.49. The summed E-state index contributed by atoms with van der Waals surface area (Å²) in [5.74, 6) is 2.51. The van der Waals surface area contributed by atoms with E-state index in [2.05, 4.69) is 20.2 Å². The van der Waals surface area contributed by atoms with Crippen molar-refractivity contribution in [3.05, 3.63) is 42.4 Å². The fraction of sp³-hybridized carbons (Fsp3) is 0.389. The molecule has 1 N–H and O–H groups in total. The van der Waals surface area contributed by atoms with E-state index in [1.165, 1.54) is 0 Å². The molecule has 0 bridgehead atoms. The van der Waals surface area contributed by atoms with Crippen molar-refractivity contribution in [2.45, 2.75) is 6.54 Å². The fourth-order valence-corrected chi connectivity index (χ4v) is 2.49. The summed E-state index contributed by atoms with van der Waals surface area (Å²) in [6, 6.07) is 8.92. The van der Waals surface area contributed by atoms with E-state index in [1.54, 1.807) is 37.6 Å². The first-order valence-electron chi connectivity index (χ1n) is 8.43. The number of rotatable bonds is 7.